The maximum absolute atomic E-state index is 13.0. The summed E-state index contributed by atoms with van der Waals surface area (Å²) in [7, 11) is 4.83. The van der Waals surface area contributed by atoms with Gasteiger partial charge in [0.2, 0.25) is 0 Å². The number of thiophene rings is 1. The van der Waals surface area contributed by atoms with E-state index in [9.17, 15) is 4.79 Å². The van der Waals surface area contributed by atoms with Crippen LogP contribution in [0.3, 0.4) is 0 Å². The molecule has 0 radical (unpaired) electrons. The number of aromatic nitrogens is 2. The molecule has 0 saturated carbocycles. The molecule has 7 heteroatoms. The number of H-pyrrole nitrogens is 1. The molecule has 0 bridgehead atoms. The number of aromatic amines is 1. The van der Waals surface area contributed by atoms with Crippen LogP contribution in [0.1, 0.15) is 17.0 Å². The molecule has 0 aliphatic rings. The number of fused-ring (bicyclic) bond motifs is 1. The summed E-state index contributed by atoms with van der Waals surface area (Å²) in [5, 5.41) is 2.55. The Morgan fingerprint density at radius 3 is 2.40 bits per heavy atom. The van der Waals surface area contributed by atoms with Gasteiger partial charge in [-0.15, -0.1) is 11.3 Å². The molecule has 0 fully saturated rings. The molecule has 2 aromatic carbocycles. The van der Waals surface area contributed by atoms with Crippen LogP contribution in [0.5, 0.6) is 17.2 Å². The largest absolute Gasteiger partial charge is 0.496 e. The first-order valence-electron chi connectivity index (χ1n) is 9.40. The van der Waals surface area contributed by atoms with Crippen molar-refractivity contribution >= 4 is 21.6 Å². The van der Waals surface area contributed by atoms with Crippen molar-refractivity contribution < 1.29 is 14.2 Å². The molecule has 0 atom stereocenters. The third-order valence-corrected chi connectivity index (χ3v) is 5.83. The lowest BCUT2D eigenvalue weighted by molar-refractivity contribution is 0.354. The minimum Gasteiger partial charge on any atom is -0.496 e. The number of benzene rings is 2. The first-order chi connectivity index (χ1) is 14.5. The van der Waals surface area contributed by atoms with E-state index in [-0.39, 0.29) is 5.56 Å². The van der Waals surface area contributed by atoms with Gasteiger partial charge in [-0.25, -0.2) is 4.98 Å². The Morgan fingerprint density at radius 1 is 0.933 bits per heavy atom. The lowest BCUT2D eigenvalue weighted by Crippen LogP contribution is -2.12. The standard InChI is InChI=1S/C23H22N2O4S/c1-13-5-7-17(27-2)15(9-13)16-12-30-23-21(16)22(26)24-20(25-23)11-14-6-8-18(28-3)19(10-14)29-4/h5-10,12H,11H2,1-4H3,(H,24,25,26). The average Bonchev–Trinajstić information content (AvgIpc) is 3.18. The highest BCUT2D eigenvalue weighted by Gasteiger charge is 2.16. The Balaban J connectivity index is 1.75. The number of ether oxygens (including phenoxy) is 3. The third kappa shape index (κ3) is 3.64. The van der Waals surface area contributed by atoms with Gasteiger partial charge >= 0.3 is 0 Å². The molecular formula is C23H22N2O4S. The molecule has 0 amide bonds. The van der Waals surface area contributed by atoms with E-state index in [1.165, 1.54) is 11.3 Å². The Labute approximate surface area is 178 Å². The fourth-order valence-corrected chi connectivity index (χ4v) is 4.45. The second kappa shape index (κ2) is 8.20. The predicted molar refractivity (Wildman–Crippen MR) is 119 cm³/mol. The Bertz CT molecular complexity index is 1280. The zero-order chi connectivity index (χ0) is 21.3. The molecule has 4 rings (SSSR count). The summed E-state index contributed by atoms with van der Waals surface area (Å²) in [6.45, 7) is 2.02. The highest BCUT2D eigenvalue weighted by atomic mass is 32.1. The summed E-state index contributed by atoms with van der Waals surface area (Å²) in [6.07, 6.45) is 0.479. The first-order valence-corrected chi connectivity index (χ1v) is 10.3. The molecule has 30 heavy (non-hydrogen) atoms. The van der Waals surface area contributed by atoms with Crippen LogP contribution in [0.4, 0.5) is 0 Å². The van der Waals surface area contributed by atoms with Crippen molar-refractivity contribution in [3.8, 4) is 28.4 Å². The van der Waals surface area contributed by atoms with Crippen LogP contribution in [0.25, 0.3) is 21.3 Å². The van der Waals surface area contributed by atoms with Crippen LogP contribution in [-0.2, 0) is 6.42 Å². The zero-order valence-electron chi connectivity index (χ0n) is 17.2. The minimum atomic E-state index is -0.157. The van der Waals surface area contributed by atoms with Crippen molar-refractivity contribution in [3.05, 3.63) is 69.1 Å². The molecule has 6 nitrogen and oxygen atoms in total. The van der Waals surface area contributed by atoms with Gasteiger partial charge < -0.3 is 19.2 Å². The number of hydrogen-bond donors (Lipinski definition) is 1. The third-order valence-electron chi connectivity index (χ3n) is 4.96. The van der Waals surface area contributed by atoms with Crippen LogP contribution >= 0.6 is 11.3 Å². The minimum absolute atomic E-state index is 0.157. The topological polar surface area (TPSA) is 73.4 Å². The van der Waals surface area contributed by atoms with Gasteiger partial charge in [-0.2, -0.15) is 0 Å². The summed E-state index contributed by atoms with van der Waals surface area (Å²) in [5.41, 5.74) is 3.63. The molecule has 2 aromatic heterocycles. The fourth-order valence-electron chi connectivity index (χ4n) is 3.49. The quantitative estimate of drug-likeness (QED) is 0.492. The van der Waals surface area contributed by atoms with Crippen molar-refractivity contribution in [1.82, 2.24) is 9.97 Å². The van der Waals surface area contributed by atoms with Crippen molar-refractivity contribution in [2.75, 3.05) is 21.3 Å². The second-order valence-corrected chi connectivity index (χ2v) is 7.77. The maximum atomic E-state index is 13.0. The smallest absolute Gasteiger partial charge is 0.260 e. The van der Waals surface area contributed by atoms with Crippen LogP contribution in [0.15, 0.2) is 46.6 Å². The van der Waals surface area contributed by atoms with Gasteiger partial charge in [0.15, 0.2) is 11.5 Å². The van der Waals surface area contributed by atoms with Crippen LogP contribution in [0.2, 0.25) is 0 Å². The molecule has 154 valence electrons. The summed E-state index contributed by atoms with van der Waals surface area (Å²) in [5.74, 6) is 2.63. The molecule has 0 aliphatic heterocycles. The summed E-state index contributed by atoms with van der Waals surface area (Å²) in [6, 6.07) is 11.6. The lowest BCUT2D eigenvalue weighted by atomic mass is 10.0. The highest BCUT2D eigenvalue weighted by molar-refractivity contribution is 7.17. The van der Waals surface area contributed by atoms with Crippen LogP contribution in [0, 0.1) is 6.92 Å². The Morgan fingerprint density at radius 2 is 1.67 bits per heavy atom. The normalized spacial score (nSPS) is 10.9. The van der Waals surface area contributed by atoms with Gasteiger partial charge in [0.25, 0.3) is 5.56 Å². The van der Waals surface area contributed by atoms with Gasteiger partial charge in [0.1, 0.15) is 16.4 Å². The number of methoxy groups -OCH3 is 3. The van der Waals surface area contributed by atoms with Gasteiger partial charge in [0.05, 0.1) is 26.7 Å². The maximum Gasteiger partial charge on any atom is 0.260 e. The van der Waals surface area contributed by atoms with Gasteiger partial charge in [-0.3, -0.25) is 4.79 Å². The van der Waals surface area contributed by atoms with Gasteiger partial charge in [-0.05, 0) is 36.8 Å². The van der Waals surface area contributed by atoms with E-state index in [0.29, 0.717) is 34.0 Å². The molecule has 0 saturated heterocycles. The van der Waals surface area contributed by atoms with Crippen molar-refractivity contribution in [2.45, 2.75) is 13.3 Å². The summed E-state index contributed by atoms with van der Waals surface area (Å²) < 4.78 is 16.2. The molecular weight excluding hydrogens is 400 g/mol. The molecule has 0 aliphatic carbocycles. The summed E-state index contributed by atoms with van der Waals surface area (Å²) in [4.78, 5) is 21.3. The summed E-state index contributed by atoms with van der Waals surface area (Å²) >= 11 is 1.46. The Kier molecular flexibility index (Phi) is 5.46. The van der Waals surface area contributed by atoms with E-state index < -0.39 is 0 Å². The van der Waals surface area contributed by atoms with Crippen LogP contribution < -0.4 is 19.8 Å². The van der Waals surface area contributed by atoms with E-state index in [1.807, 2.05) is 48.7 Å². The van der Waals surface area contributed by atoms with Crippen molar-refractivity contribution in [1.29, 1.82) is 0 Å². The van der Waals surface area contributed by atoms with Gasteiger partial charge in [-0.1, -0.05) is 17.7 Å². The SMILES string of the molecule is COc1ccc(Cc2nc3scc(-c4cc(C)ccc4OC)c3c(=O)[nH]2)cc1OC. The zero-order valence-corrected chi connectivity index (χ0v) is 18.1. The van der Waals surface area contributed by atoms with Crippen LogP contribution in [-0.4, -0.2) is 31.3 Å². The van der Waals surface area contributed by atoms with Crippen molar-refractivity contribution in [3.63, 3.8) is 0 Å². The number of aryl methyl sites for hydroxylation is 1. The van der Waals surface area contributed by atoms with Gasteiger partial charge in [0, 0.05) is 22.9 Å². The molecule has 1 N–H and O–H groups in total. The predicted octanol–water partition coefficient (Wildman–Crippen LogP) is 4.58. The first kappa shape index (κ1) is 20.0. The lowest BCUT2D eigenvalue weighted by Gasteiger charge is -2.10. The van der Waals surface area contributed by atoms with E-state index in [4.69, 9.17) is 19.2 Å². The van der Waals surface area contributed by atoms with E-state index in [2.05, 4.69) is 4.98 Å². The highest BCUT2D eigenvalue weighted by Crippen LogP contribution is 2.37. The van der Waals surface area contributed by atoms with E-state index >= 15 is 0 Å². The second-order valence-electron chi connectivity index (χ2n) is 6.91. The number of hydrogen-bond acceptors (Lipinski definition) is 6. The Hall–Kier alpha value is -3.32. The monoisotopic (exact) mass is 422 g/mol. The molecule has 0 unspecified atom stereocenters. The molecule has 0 spiro atoms. The van der Waals surface area contributed by atoms with Crippen molar-refractivity contribution in [2.24, 2.45) is 0 Å². The fraction of sp³-hybridized carbons (Fsp3) is 0.217. The van der Waals surface area contributed by atoms with E-state index in [1.54, 1.807) is 21.3 Å². The van der Waals surface area contributed by atoms with E-state index in [0.717, 1.165) is 28.0 Å². The molecule has 2 heterocycles. The average molecular weight is 423 g/mol. The number of rotatable bonds is 6. The number of nitrogens with zero attached hydrogens (tertiary/aromatic N) is 1. The molecule has 4 aromatic rings. The number of nitrogens with one attached hydrogen (secondary N) is 1.